The normalized spacial score (nSPS) is 15.1. The summed E-state index contributed by atoms with van der Waals surface area (Å²) in [4.78, 5) is 26.8. The Labute approximate surface area is 119 Å². The van der Waals surface area contributed by atoms with Crippen LogP contribution in [-0.2, 0) is 9.59 Å². The van der Waals surface area contributed by atoms with Crippen molar-refractivity contribution in [3.05, 3.63) is 35.9 Å². The Morgan fingerprint density at radius 3 is 2.60 bits per heavy atom. The lowest BCUT2D eigenvalue weighted by Crippen LogP contribution is -2.24. The van der Waals surface area contributed by atoms with Crippen molar-refractivity contribution in [2.75, 3.05) is 25.0 Å². The van der Waals surface area contributed by atoms with Crippen LogP contribution in [0.5, 0.6) is 0 Å². The van der Waals surface area contributed by atoms with Crippen LogP contribution in [0.25, 0.3) is 6.08 Å². The van der Waals surface area contributed by atoms with E-state index in [0.29, 0.717) is 13.0 Å². The van der Waals surface area contributed by atoms with Crippen molar-refractivity contribution in [3.63, 3.8) is 0 Å². The molecule has 0 atom stereocenters. The number of nitrogens with zero attached hydrogens (tertiary/aromatic N) is 2. The molecule has 0 radical (unpaired) electrons. The van der Waals surface area contributed by atoms with Crippen LogP contribution in [-0.4, -0.2) is 36.9 Å². The number of carbonyl (C=O) groups excluding carboxylic acids is 2. The third-order valence-corrected chi connectivity index (χ3v) is 3.55. The number of anilines is 1. The van der Waals surface area contributed by atoms with Gasteiger partial charge in [0, 0.05) is 38.3 Å². The molecule has 0 aromatic heterocycles. The highest BCUT2D eigenvalue weighted by Gasteiger charge is 2.21. The van der Waals surface area contributed by atoms with Gasteiger partial charge in [0.15, 0.2) is 0 Å². The molecule has 20 heavy (non-hydrogen) atoms. The Morgan fingerprint density at radius 1 is 1.35 bits per heavy atom. The van der Waals surface area contributed by atoms with Crippen LogP contribution in [0.2, 0.25) is 0 Å². The SMILES string of the molecule is CCN(C)C(=O)/C=C/c1ccc(N2CCCC2=O)cc1. The summed E-state index contributed by atoms with van der Waals surface area (Å²) in [5.74, 6) is 0.180. The molecule has 4 heteroatoms. The first-order chi connectivity index (χ1) is 9.61. The summed E-state index contributed by atoms with van der Waals surface area (Å²) < 4.78 is 0. The van der Waals surface area contributed by atoms with Gasteiger partial charge in [-0.2, -0.15) is 0 Å². The second kappa shape index (κ2) is 6.37. The topological polar surface area (TPSA) is 40.6 Å². The van der Waals surface area contributed by atoms with Gasteiger partial charge in [-0.1, -0.05) is 12.1 Å². The van der Waals surface area contributed by atoms with E-state index >= 15 is 0 Å². The fourth-order valence-electron chi connectivity index (χ4n) is 2.14. The highest BCUT2D eigenvalue weighted by atomic mass is 16.2. The second-order valence-corrected chi connectivity index (χ2v) is 4.93. The smallest absolute Gasteiger partial charge is 0.246 e. The van der Waals surface area contributed by atoms with Crippen molar-refractivity contribution in [2.45, 2.75) is 19.8 Å². The molecule has 0 bridgehead atoms. The minimum Gasteiger partial charge on any atom is -0.343 e. The maximum atomic E-state index is 11.7. The lowest BCUT2D eigenvalue weighted by Gasteiger charge is -2.15. The lowest BCUT2D eigenvalue weighted by atomic mass is 10.2. The van der Waals surface area contributed by atoms with Gasteiger partial charge in [0.05, 0.1) is 0 Å². The number of carbonyl (C=O) groups is 2. The van der Waals surface area contributed by atoms with Crippen molar-refractivity contribution in [1.29, 1.82) is 0 Å². The monoisotopic (exact) mass is 272 g/mol. The van der Waals surface area contributed by atoms with Crippen molar-refractivity contribution in [1.82, 2.24) is 4.90 Å². The van der Waals surface area contributed by atoms with Crippen LogP contribution in [0.3, 0.4) is 0 Å². The molecular formula is C16H20N2O2. The molecule has 1 fully saturated rings. The molecule has 2 amide bonds. The number of benzene rings is 1. The largest absolute Gasteiger partial charge is 0.343 e. The van der Waals surface area contributed by atoms with Crippen LogP contribution in [0.15, 0.2) is 30.3 Å². The third kappa shape index (κ3) is 3.26. The minimum absolute atomic E-state index is 0.00806. The molecule has 1 aromatic rings. The van der Waals surface area contributed by atoms with E-state index in [4.69, 9.17) is 0 Å². The molecule has 1 aromatic carbocycles. The molecule has 4 nitrogen and oxygen atoms in total. The van der Waals surface area contributed by atoms with Gasteiger partial charge in [-0.25, -0.2) is 0 Å². The first-order valence-corrected chi connectivity index (χ1v) is 6.95. The predicted molar refractivity (Wildman–Crippen MR) is 80.4 cm³/mol. The Balaban J connectivity index is 2.03. The molecule has 0 aliphatic carbocycles. The van der Waals surface area contributed by atoms with E-state index in [0.717, 1.165) is 24.2 Å². The maximum absolute atomic E-state index is 11.7. The predicted octanol–water partition coefficient (Wildman–Crippen LogP) is 2.30. The quantitative estimate of drug-likeness (QED) is 0.789. The van der Waals surface area contributed by atoms with Crippen molar-refractivity contribution in [3.8, 4) is 0 Å². The van der Waals surface area contributed by atoms with Crippen LogP contribution < -0.4 is 4.90 Å². The first-order valence-electron chi connectivity index (χ1n) is 6.95. The zero-order valence-electron chi connectivity index (χ0n) is 12.0. The molecule has 1 saturated heterocycles. The molecular weight excluding hydrogens is 252 g/mol. The molecule has 0 saturated carbocycles. The number of hydrogen-bond acceptors (Lipinski definition) is 2. The van der Waals surface area contributed by atoms with Crippen LogP contribution >= 0.6 is 0 Å². The van der Waals surface area contributed by atoms with Gasteiger partial charge in [0.2, 0.25) is 11.8 Å². The van der Waals surface area contributed by atoms with Gasteiger partial charge in [0.25, 0.3) is 0 Å². The van der Waals surface area contributed by atoms with Crippen LogP contribution in [0.1, 0.15) is 25.3 Å². The van der Waals surface area contributed by atoms with E-state index in [1.165, 1.54) is 0 Å². The van der Waals surface area contributed by atoms with Gasteiger partial charge in [0.1, 0.15) is 0 Å². The average molecular weight is 272 g/mol. The van der Waals surface area contributed by atoms with Gasteiger partial charge < -0.3 is 9.80 Å². The highest BCUT2D eigenvalue weighted by Crippen LogP contribution is 2.21. The Bertz CT molecular complexity index is 520. The van der Waals surface area contributed by atoms with E-state index < -0.39 is 0 Å². The summed E-state index contributed by atoms with van der Waals surface area (Å²) in [7, 11) is 1.77. The minimum atomic E-state index is -0.00806. The van der Waals surface area contributed by atoms with E-state index in [1.54, 1.807) is 24.1 Å². The summed E-state index contributed by atoms with van der Waals surface area (Å²) in [6.45, 7) is 3.43. The average Bonchev–Trinajstić information content (AvgIpc) is 2.90. The number of hydrogen-bond donors (Lipinski definition) is 0. The van der Waals surface area contributed by atoms with Gasteiger partial charge >= 0.3 is 0 Å². The molecule has 0 N–H and O–H groups in total. The van der Waals surface area contributed by atoms with Crippen molar-refractivity contribution in [2.24, 2.45) is 0 Å². The molecule has 106 valence electrons. The van der Waals surface area contributed by atoms with Gasteiger partial charge in [-0.15, -0.1) is 0 Å². The molecule has 1 heterocycles. The lowest BCUT2D eigenvalue weighted by molar-refractivity contribution is -0.124. The maximum Gasteiger partial charge on any atom is 0.246 e. The molecule has 1 aliphatic rings. The number of rotatable bonds is 4. The zero-order valence-corrected chi connectivity index (χ0v) is 12.0. The summed E-state index contributed by atoms with van der Waals surface area (Å²) in [5.41, 5.74) is 1.89. The van der Waals surface area contributed by atoms with E-state index in [-0.39, 0.29) is 11.8 Å². The van der Waals surface area contributed by atoms with Crippen molar-refractivity contribution < 1.29 is 9.59 Å². The Morgan fingerprint density at radius 2 is 2.05 bits per heavy atom. The summed E-state index contributed by atoms with van der Waals surface area (Å²) in [5, 5.41) is 0. The summed E-state index contributed by atoms with van der Waals surface area (Å²) >= 11 is 0. The molecule has 1 aliphatic heterocycles. The van der Waals surface area contributed by atoms with Crippen LogP contribution in [0, 0.1) is 0 Å². The summed E-state index contributed by atoms with van der Waals surface area (Å²) in [6.07, 6.45) is 4.93. The third-order valence-electron chi connectivity index (χ3n) is 3.55. The van der Waals surface area contributed by atoms with E-state index in [1.807, 2.05) is 36.1 Å². The highest BCUT2D eigenvalue weighted by molar-refractivity contribution is 5.95. The van der Waals surface area contributed by atoms with E-state index in [2.05, 4.69) is 0 Å². The Kier molecular flexibility index (Phi) is 4.56. The fourth-order valence-corrected chi connectivity index (χ4v) is 2.14. The Hall–Kier alpha value is -2.10. The second-order valence-electron chi connectivity index (χ2n) is 4.93. The molecule has 2 rings (SSSR count). The summed E-state index contributed by atoms with van der Waals surface area (Å²) in [6, 6.07) is 7.71. The van der Waals surface area contributed by atoms with Crippen molar-refractivity contribution >= 4 is 23.6 Å². The van der Waals surface area contributed by atoms with E-state index in [9.17, 15) is 9.59 Å². The fraction of sp³-hybridized carbons (Fsp3) is 0.375. The zero-order chi connectivity index (χ0) is 14.5. The number of likely N-dealkylation sites (N-methyl/N-ethyl adjacent to an activating group) is 1. The first kappa shape index (κ1) is 14.3. The van der Waals surface area contributed by atoms with Gasteiger partial charge in [-0.05, 0) is 37.1 Å². The van der Waals surface area contributed by atoms with Crippen LogP contribution in [0.4, 0.5) is 5.69 Å². The number of amides is 2. The standard InChI is InChI=1S/C16H20N2O2/c1-3-17(2)15(19)11-8-13-6-9-14(10-7-13)18-12-4-5-16(18)20/h6-11H,3-5,12H2,1-2H3/b11-8+. The molecule has 0 unspecified atom stereocenters. The molecule has 0 spiro atoms. The van der Waals surface area contributed by atoms with Gasteiger partial charge in [-0.3, -0.25) is 9.59 Å².